The van der Waals surface area contributed by atoms with Gasteiger partial charge in [-0.3, -0.25) is 0 Å². The highest BCUT2D eigenvalue weighted by Gasteiger charge is 2.25. The first-order chi connectivity index (χ1) is 4.70. The summed E-state index contributed by atoms with van der Waals surface area (Å²) in [4.78, 5) is 9.83. The molecule has 1 aliphatic carbocycles. The monoisotopic (exact) mass is 148 g/mol. The number of halogens is 1. The van der Waals surface area contributed by atoms with E-state index in [9.17, 15) is 9.18 Å². The average Bonchev–Trinajstić information content (AvgIpc) is 2.64. The van der Waals surface area contributed by atoms with E-state index in [1.807, 2.05) is 0 Å². The van der Waals surface area contributed by atoms with Crippen LogP contribution in [0.15, 0.2) is 0 Å². The van der Waals surface area contributed by atoms with Crippen molar-refractivity contribution in [2.45, 2.75) is 19.2 Å². The zero-order chi connectivity index (χ0) is 7.56. The Morgan fingerprint density at radius 2 is 2.40 bits per heavy atom. The molecule has 58 valence electrons. The second kappa shape index (κ2) is 2.96. The summed E-state index contributed by atoms with van der Waals surface area (Å²) in [5, 5.41) is 8.02. The van der Waals surface area contributed by atoms with Crippen LogP contribution >= 0.6 is 0 Å². The minimum atomic E-state index is -2.14. The molecule has 0 aromatic heterocycles. The molecule has 0 aliphatic heterocycles. The van der Waals surface area contributed by atoms with Gasteiger partial charge in [-0.2, -0.15) is 0 Å². The fourth-order valence-corrected chi connectivity index (χ4v) is 0.576. The summed E-state index contributed by atoms with van der Waals surface area (Å²) in [6.45, 7) is 0.244. The largest absolute Gasteiger partial charge is 0.477 e. The first-order valence-corrected chi connectivity index (χ1v) is 3.18. The van der Waals surface area contributed by atoms with Gasteiger partial charge in [-0.15, -0.1) is 0 Å². The number of aliphatic carboxylic acids is 1. The van der Waals surface area contributed by atoms with Gasteiger partial charge >= 0.3 is 5.97 Å². The van der Waals surface area contributed by atoms with Crippen LogP contribution in [0.2, 0.25) is 0 Å². The van der Waals surface area contributed by atoms with Crippen molar-refractivity contribution in [2.24, 2.45) is 5.92 Å². The lowest BCUT2D eigenvalue weighted by molar-refractivity contribution is -0.163. The van der Waals surface area contributed by atoms with E-state index in [1.165, 1.54) is 0 Å². The molecule has 1 unspecified atom stereocenters. The molecule has 0 aromatic carbocycles. The summed E-state index contributed by atoms with van der Waals surface area (Å²) in [6, 6.07) is 0. The third-order valence-electron chi connectivity index (χ3n) is 1.37. The van der Waals surface area contributed by atoms with Crippen molar-refractivity contribution in [1.29, 1.82) is 0 Å². The maximum atomic E-state index is 12.1. The van der Waals surface area contributed by atoms with E-state index in [2.05, 4.69) is 4.74 Å². The molecule has 1 aliphatic rings. The van der Waals surface area contributed by atoms with Gasteiger partial charge in [0.1, 0.15) is 0 Å². The number of carboxylic acids is 1. The van der Waals surface area contributed by atoms with Crippen molar-refractivity contribution < 1.29 is 19.0 Å². The van der Waals surface area contributed by atoms with Crippen LogP contribution in [0.4, 0.5) is 4.39 Å². The van der Waals surface area contributed by atoms with E-state index in [4.69, 9.17) is 5.11 Å². The van der Waals surface area contributed by atoms with E-state index in [1.54, 1.807) is 0 Å². The van der Waals surface area contributed by atoms with Crippen LogP contribution < -0.4 is 0 Å². The Morgan fingerprint density at radius 1 is 1.80 bits per heavy atom. The molecule has 0 amide bonds. The molecule has 4 heteroatoms. The SMILES string of the molecule is O=C(O)C(F)OCC1CC1. The second-order valence-electron chi connectivity index (χ2n) is 2.43. The first-order valence-electron chi connectivity index (χ1n) is 3.18. The summed E-state index contributed by atoms with van der Waals surface area (Å²) in [7, 11) is 0. The lowest BCUT2D eigenvalue weighted by atomic mass is 10.5. The Morgan fingerprint density at radius 3 is 2.80 bits per heavy atom. The van der Waals surface area contributed by atoms with E-state index in [0.29, 0.717) is 5.92 Å². The molecular formula is C6H9FO3. The van der Waals surface area contributed by atoms with Crippen molar-refractivity contribution in [2.75, 3.05) is 6.61 Å². The lowest BCUT2D eigenvalue weighted by Crippen LogP contribution is -2.19. The Bertz CT molecular complexity index is 133. The summed E-state index contributed by atoms with van der Waals surface area (Å²) < 4.78 is 16.5. The number of carboxylic acid groups (broad SMARTS) is 1. The molecule has 0 saturated heterocycles. The highest BCUT2D eigenvalue weighted by Crippen LogP contribution is 2.29. The molecule has 10 heavy (non-hydrogen) atoms. The average molecular weight is 148 g/mol. The topological polar surface area (TPSA) is 46.5 Å². The van der Waals surface area contributed by atoms with E-state index in [0.717, 1.165) is 12.8 Å². The molecule has 0 bridgehead atoms. The van der Waals surface area contributed by atoms with Gasteiger partial charge in [-0.25, -0.2) is 9.18 Å². The van der Waals surface area contributed by atoms with Crippen LogP contribution in [-0.4, -0.2) is 24.0 Å². The normalized spacial score (nSPS) is 20.5. The summed E-state index contributed by atoms with van der Waals surface area (Å²) >= 11 is 0. The molecule has 1 atom stereocenters. The maximum absolute atomic E-state index is 12.1. The molecule has 1 saturated carbocycles. The van der Waals surface area contributed by atoms with Crippen LogP contribution in [-0.2, 0) is 9.53 Å². The van der Waals surface area contributed by atoms with Gasteiger partial charge < -0.3 is 9.84 Å². The van der Waals surface area contributed by atoms with Gasteiger partial charge in [0.25, 0.3) is 6.36 Å². The molecule has 3 nitrogen and oxygen atoms in total. The third-order valence-corrected chi connectivity index (χ3v) is 1.37. The quantitative estimate of drug-likeness (QED) is 0.641. The number of ether oxygens (including phenoxy) is 1. The van der Waals surface area contributed by atoms with Crippen molar-refractivity contribution in [1.82, 2.24) is 0 Å². The van der Waals surface area contributed by atoms with Crippen molar-refractivity contribution >= 4 is 5.97 Å². The lowest BCUT2D eigenvalue weighted by Gasteiger charge is -2.02. The Labute approximate surface area is 57.8 Å². The van der Waals surface area contributed by atoms with Crippen LogP contribution in [0.3, 0.4) is 0 Å². The van der Waals surface area contributed by atoms with Crippen molar-refractivity contribution in [3.63, 3.8) is 0 Å². The number of hydrogen-bond acceptors (Lipinski definition) is 2. The van der Waals surface area contributed by atoms with E-state index >= 15 is 0 Å². The number of carbonyl (C=O) groups is 1. The highest BCUT2D eigenvalue weighted by atomic mass is 19.1. The van der Waals surface area contributed by atoms with E-state index < -0.39 is 12.3 Å². The highest BCUT2D eigenvalue weighted by molar-refractivity contribution is 5.70. The van der Waals surface area contributed by atoms with Crippen LogP contribution in [0.1, 0.15) is 12.8 Å². The second-order valence-corrected chi connectivity index (χ2v) is 2.43. The zero-order valence-electron chi connectivity index (χ0n) is 5.42. The Balaban J connectivity index is 2.05. The number of rotatable bonds is 4. The predicted molar refractivity (Wildman–Crippen MR) is 31.2 cm³/mol. The van der Waals surface area contributed by atoms with Crippen molar-refractivity contribution in [3.05, 3.63) is 0 Å². The van der Waals surface area contributed by atoms with Crippen LogP contribution in [0.5, 0.6) is 0 Å². The number of alkyl halides is 1. The summed E-state index contributed by atoms with van der Waals surface area (Å²) in [5.74, 6) is -1.14. The van der Waals surface area contributed by atoms with E-state index in [-0.39, 0.29) is 6.61 Å². The van der Waals surface area contributed by atoms with Gasteiger partial charge in [0, 0.05) is 0 Å². The van der Waals surface area contributed by atoms with Crippen molar-refractivity contribution in [3.8, 4) is 0 Å². The minimum absolute atomic E-state index is 0.244. The van der Waals surface area contributed by atoms with Gasteiger partial charge in [0.15, 0.2) is 0 Å². The van der Waals surface area contributed by atoms with Gasteiger partial charge in [-0.05, 0) is 18.8 Å². The molecule has 0 radical (unpaired) electrons. The van der Waals surface area contributed by atoms with Gasteiger partial charge in [-0.1, -0.05) is 0 Å². The molecule has 1 fully saturated rings. The molecule has 1 N–H and O–H groups in total. The predicted octanol–water partition coefficient (Wildman–Crippen LogP) is 0.793. The number of hydrogen-bond donors (Lipinski definition) is 1. The minimum Gasteiger partial charge on any atom is -0.477 e. The van der Waals surface area contributed by atoms with Gasteiger partial charge in [0.05, 0.1) is 6.61 Å². The zero-order valence-corrected chi connectivity index (χ0v) is 5.42. The maximum Gasteiger partial charge on any atom is 0.366 e. The molecular weight excluding hydrogens is 139 g/mol. The van der Waals surface area contributed by atoms with Crippen LogP contribution in [0.25, 0.3) is 0 Å². The smallest absolute Gasteiger partial charge is 0.366 e. The Hall–Kier alpha value is -0.640. The Kier molecular flexibility index (Phi) is 2.21. The molecule has 0 aromatic rings. The molecule has 0 heterocycles. The fraction of sp³-hybridized carbons (Fsp3) is 0.833. The third kappa shape index (κ3) is 2.31. The summed E-state index contributed by atoms with van der Waals surface area (Å²) in [5.41, 5.74) is 0. The van der Waals surface area contributed by atoms with Crippen LogP contribution in [0, 0.1) is 5.92 Å². The molecule has 0 spiro atoms. The standard InChI is InChI=1S/C6H9FO3/c7-5(6(8)9)10-3-4-1-2-4/h4-5H,1-3H2,(H,8,9). The molecule has 1 rings (SSSR count). The summed E-state index contributed by atoms with van der Waals surface area (Å²) in [6.07, 6.45) is -0.0702. The first kappa shape index (κ1) is 7.47. The van der Waals surface area contributed by atoms with Gasteiger partial charge in [0.2, 0.25) is 0 Å². The fourth-order valence-electron chi connectivity index (χ4n) is 0.576.